The number of rotatable bonds is 6. The van der Waals surface area contributed by atoms with E-state index in [2.05, 4.69) is 22.3 Å². The van der Waals surface area contributed by atoms with E-state index in [1.165, 1.54) is 17.3 Å². The van der Waals surface area contributed by atoms with E-state index in [0.717, 1.165) is 12.8 Å². The lowest BCUT2D eigenvalue weighted by Crippen LogP contribution is -2.35. The maximum atomic E-state index is 12.1. The predicted molar refractivity (Wildman–Crippen MR) is 82.5 cm³/mol. The van der Waals surface area contributed by atoms with Crippen LogP contribution in [-0.4, -0.2) is 26.7 Å². The maximum absolute atomic E-state index is 12.1. The molecule has 0 saturated carbocycles. The number of carbonyl (C=O) groups is 1. The van der Waals surface area contributed by atoms with E-state index in [9.17, 15) is 4.79 Å². The number of unbranched alkanes of at least 4 members (excludes halogenated alkanes) is 1. The van der Waals surface area contributed by atoms with E-state index in [4.69, 9.17) is 17.3 Å². The number of halogens is 1. The van der Waals surface area contributed by atoms with E-state index in [0.29, 0.717) is 22.8 Å². The van der Waals surface area contributed by atoms with Gasteiger partial charge in [-0.2, -0.15) is 5.10 Å². The first-order valence-corrected chi connectivity index (χ1v) is 7.21. The fraction of sp³-hybridized carbons (Fsp3) is 0.357. The van der Waals surface area contributed by atoms with Crippen LogP contribution in [0, 0.1) is 0 Å². The molecular formula is C14H18ClN5O. The predicted octanol–water partition coefficient (Wildman–Crippen LogP) is 2.38. The van der Waals surface area contributed by atoms with Crippen molar-refractivity contribution in [2.75, 3.05) is 5.32 Å². The minimum absolute atomic E-state index is 0.230. The van der Waals surface area contributed by atoms with Crippen molar-refractivity contribution in [3.63, 3.8) is 0 Å². The number of amides is 1. The molecule has 3 N–H and O–H groups in total. The molecule has 0 aliphatic carbocycles. The second-order valence-electron chi connectivity index (χ2n) is 4.71. The second kappa shape index (κ2) is 7.19. The Kier molecular flexibility index (Phi) is 5.30. The van der Waals surface area contributed by atoms with Crippen LogP contribution in [0.4, 0.5) is 5.69 Å². The highest BCUT2D eigenvalue weighted by molar-refractivity contribution is 6.33. The van der Waals surface area contributed by atoms with Gasteiger partial charge < -0.3 is 11.1 Å². The molecule has 0 unspecified atom stereocenters. The third-order valence-corrected chi connectivity index (χ3v) is 3.40. The lowest BCUT2D eigenvalue weighted by atomic mass is 10.1. The average Bonchev–Trinajstić information content (AvgIpc) is 2.98. The monoisotopic (exact) mass is 307 g/mol. The number of anilines is 1. The normalized spacial score (nSPS) is 12.1. The molecule has 0 spiro atoms. The van der Waals surface area contributed by atoms with Crippen LogP contribution in [0.2, 0.25) is 5.02 Å². The Hall–Kier alpha value is -1.92. The number of aromatic nitrogens is 3. The van der Waals surface area contributed by atoms with E-state index in [-0.39, 0.29) is 5.91 Å². The average molecular weight is 308 g/mol. The highest BCUT2D eigenvalue weighted by Crippen LogP contribution is 2.27. The van der Waals surface area contributed by atoms with Gasteiger partial charge in [0.15, 0.2) is 0 Å². The van der Waals surface area contributed by atoms with Crippen LogP contribution in [0.15, 0.2) is 30.9 Å². The van der Waals surface area contributed by atoms with Crippen LogP contribution in [0.5, 0.6) is 0 Å². The zero-order valence-corrected chi connectivity index (χ0v) is 12.5. The standard InChI is InChI=1S/C14H18ClN5O/c1-2-3-6-11(16)14(21)19-12-7-4-5-10(15)13(12)20-9-17-8-18-20/h4-5,7-9,11H,2-3,6,16H2,1H3,(H,19,21)/t11-/m0/s1. The molecule has 1 aromatic heterocycles. The summed E-state index contributed by atoms with van der Waals surface area (Å²) in [4.78, 5) is 16.0. The van der Waals surface area contributed by atoms with Crippen molar-refractivity contribution in [2.45, 2.75) is 32.2 Å². The molecule has 7 heteroatoms. The summed E-state index contributed by atoms with van der Waals surface area (Å²) in [6.07, 6.45) is 5.50. The Morgan fingerprint density at radius 3 is 3.00 bits per heavy atom. The van der Waals surface area contributed by atoms with Crippen molar-refractivity contribution >= 4 is 23.2 Å². The number of benzene rings is 1. The summed E-state index contributed by atoms with van der Waals surface area (Å²) in [5.41, 5.74) is 7.01. The van der Waals surface area contributed by atoms with Gasteiger partial charge >= 0.3 is 0 Å². The number of nitrogens with zero attached hydrogens (tertiary/aromatic N) is 3. The van der Waals surface area contributed by atoms with Gasteiger partial charge in [-0.15, -0.1) is 0 Å². The van der Waals surface area contributed by atoms with Crippen molar-refractivity contribution < 1.29 is 4.79 Å². The van der Waals surface area contributed by atoms with Gasteiger partial charge in [-0.1, -0.05) is 37.4 Å². The number of nitrogens with two attached hydrogens (primary N) is 1. The summed E-state index contributed by atoms with van der Waals surface area (Å²) in [6, 6.07) is 4.71. The number of carbonyl (C=O) groups excluding carboxylic acids is 1. The van der Waals surface area contributed by atoms with Gasteiger partial charge in [-0.25, -0.2) is 9.67 Å². The van der Waals surface area contributed by atoms with Crippen molar-refractivity contribution in [1.82, 2.24) is 14.8 Å². The van der Waals surface area contributed by atoms with Gasteiger partial charge in [0.2, 0.25) is 5.91 Å². The van der Waals surface area contributed by atoms with Crippen LogP contribution in [0.25, 0.3) is 5.69 Å². The van der Waals surface area contributed by atoms with Crippen molar-refractivity contribution in [2.24, 2.45) is 5.73 Å². The van der Waals surface area contributed by atoms with Gasteiger partial charge in [0.1, 0.15) is 18.3 Å². The highest BCUT2D eigenvalue weighted by atomic mass is 35.5. The first kappa shape index (κ1) is 15.5. The zero-order valence-electron chi connectivity index (χ0n) is 11.8. The van der Waals surface area contributed by atoms with Crippen LogP contribution >= 0.6 is 11.6 Å². The number of hydrogen-bond acceptors (Lipinski definition) is 4. The molecule has 2 aromatic rings. The lowest BCUT2D eigenvalue weighted by Gasteiger charge is -2.15. The van der Waals surface area contributed by atoms with Crippen molar-refractivity contribution in [3.8, 4) is 5.69 Å². The van der Waals surface area contributed by atoms with Crippen LogP contribution in [0.1, 0.15) is 26.2 Å². The molecular weight excluding hydrogens is 290 g/mol. The summed E-state index contributed by atoms with van der Waals surface area (Å²) in [7, 11) is 0. The summed E-state index contributed by atoms with van der Waals surface area (Å²) in [5, 5.41) is 7.33. The first-order chi connectivity index (χ1) is 10.1. The molecule has 1 aromatic carbocycles. The molecule has 112 valence electrons. The zero-order chi connectivity index (χ0) is 15.2. The smallest absolute Gasteiger partial charge is 0.241 e. The molecule has 0 bridgehead atoms. The Morgan fingerprint density at radius 2 is 2.33 bits per heavy atom. The SMILES string of the molecule is CCCC[C@H](N)C(=O)Nc1cccc(Cl)c1-n1cncn1. The minimum Gasteiger partial charge on any atom is -0.323 e. The molecule has 2 rings (SSSR count). The Balaban J connectivity index is 2.21. The maximum Gasteiger partial charge on any atom is 0.241 e. The van der Waals surface area contributed by atoms with E-state index in [1.807, 2.05) is 0 Å². The summed E-state index contributed by atoms with van der Waals surface area (Å²) in [5.74, 6) is -0.230. The molecule has 0 fully saturated rings. The number of para-hydroxylation sites is 1. The van der Waals surface area contributed by atoms with Crippen LogP contribution < -0.4 is 11.1 Å². The van der Waals surface area contributed by atoms with Gasteiger partial charge in [0.25, 0.3) is 0 Å². The molecule has 0 saturated heterocycles. The van der Waals surface area contributed by atoms with Crippen molar-refractivity contribution in [3.05, 3.63) is 35.9 Å². The second-order valence-corrected chi connectivity index (χ2v) is 5.12. The van der Waals surface area contributed by atoms with Gasteiger partial charge in [-0.05, 0) is 18.6 Å². The first-order valence-electron chi connectivity index (χ1n) is 6.83. The molecule has 1 heterocycles. The topological polar surface area (TPSA) is 85.8 Å². The van der Waals surface area contributed by atoms with Gasteiger partial charge in [0, 0.05) is 0 Å². The largest absolute Gasteiger partial charge is 0.323 e. The van der Waals surface area contributed by atoms with Crippen LogP contribution in [0.3, 0.4) is 0 Å². The number of hydrogen-bond donors (Lipinski definition) is 2. The van der Waals surface area contributed by atoms with Crippen molar-refractivity contribution in [1.29, 1.82) is 0 Å². The Morgan fingerprint density at radius 1 is 1.52 bits per heavy atom. The highest BCUT2D eigenvalue weighted by Gasteiger charge is 2.17. The molecule has 1 amide bonds. The molecule has 0 aliphatic heterocycles. The third-order valence-electron chi connectivity index (χ3n) is 3.10. The fourth-order valence-corrected chi connectivity index (χ4v) is 2.21. The van der Waals surface area contributed by atoms with Gasteiger partial charge in [-0.3, -0.25) is 4.79 Å². The lowest BCUT2D eigenvalue weighted by molar-refractivity contribution is -0.117. The van der Waals surface area contributed by atoms with Gasteiger partial charge in [0.05, 0.1) is 16.8 Å². The Bertz CT molecular complexity index is 599. The third kappa shape index (κ3) is 3.80. The molecule has 0 aliphatic rings. The molecule has 21 heavy (non-hydrogen) atoms. The summed E-state index contributed by atoms with van der Waals surface area (Å²) in [6.45, 7) is 2.06. The molecule has 0 radical (unpaired) electrons. The molecule has 6 nitrogen and oxygen atoms in total. The van der Waals surface area contributed by atoms with E-state index in [1.54, 1.807) is 18.2 Å². The Labute approximate surface area is 128 Å². The summed E-state index contributed by atoms with van der Waals surface area (Å²) < 4.78 is 1.51. The fourth-order valence-electron chi connectivity index (χ4n) is 1.95. The summed E-state index contributed by atoms with van der Waals surface area (Å²) >= 11 is 6.20. The number of nitrogens with one attached hydrogen (secondary N) is 1. The quantitative estimate of drug-likeness (QED) is 0.858. The van der Waals surface area contributed by atoms with E-state index >= 15 is 0 Å². The minimum atomic E-state index is -0.535. The van der Waals surface area contributed by atoms with E-state index < -0.39 is 6.04 Å². The molecule has 1 atom stereocenters. The van der Waals surface area contributed by atoms with Crippen LogP contribution in [-0.2, 0) is 4.79 Å².